The van der Waals surface area contributed by atoms with Crippen LogP contribution in [0.25, 0.3) is 0 Å². The molecule has 1 aromatic rings. The zero-order valence-electron chi connectivity index (χ0n) is 10.3. The fraction of sp³-hybridized carbons (Fsp3) is 0.385. The molecule has 0 heterocycles. The first-order chi connectivity index (χ1) is 8.04. The molecular formula is C13H17NO3. The van der Waals surface area contributed by atoms with E-state index in [0.717, 1.165) is 5.56 Å². The summed E-state index contributed by atoms with van der Waals surface area (Å²) >= 11 is 0. The Labute approximate surface area is 101 Å². The minimum absolute atomic E-state index is 0.284. The molecule has 4 heteroatoms. The van der Waals surface area contributed by atoms with E-state index in [1.807, 2.05) is 26.0 Å². The number of nitrogens with one attached hydrogen (secondary N) is 1. The summed E-state index contributed by atoms with van der Waals surface area (Å²) in [6.07, 6.45) is -0.774. The predicted octanol–water partition coefficient (Wildman–Crippen LogP) is 1.68. The maximum Gasteiger partial charge on any atom is 0.338 e. The summed E-state index contributed by atoms with van der Waals surface area (Å²) in [5.41, 5.74) is 1.52. The highest BCUT2D eigenvalue weighted by atomic mass is 16.5. The fourth-order valence-electron chi connectivity index (χ4n) is 1.29. The lowest BCUT2D eigenvalue weighted by molar-refractivity contribution is -0.128. The van der Waals surface area contributed by atoms with Crippen LogP contribution in [0, 0.1) is 6.92 Å². The van der Waals surface area contributed by atoms with Crippen LogP contribution in [0.4, 0.5) is 0 Å². The van der Waals surface area contributed by atoms with Gasteiger partial charge in [0, 0.05) is 6.54 Å². The zero-order chi connectivity index (χ0) is 12.8. The van der Waals surface area contributed by atoms with Gasteiger partial charge in [-0.3, -0.25) is 4.79 Å². The molecule has 0 radical (unpaired) electrons. The summed E-state index contributed by atoms with van der Waals surface area (Å²) < 4.78 is 5.04. The highest BCUT2D eigenvalue weighted by Crippen LogP contribution is 2.06. The number of ether oxygens (including phenoxy) is 1. The highest BCUT2D eigenvalue weighted by molar-refractivity contribution is 5.92. The largest absolute Gasteiger partial charge is 0.449 e. The average molecular weight is 235 g/mol. The second kappa shape index (κ2) is 6.03. The van der Waals surface area contributed by atoms with Crippen LogP contribution in [-0.4, -0.2) is 24.5 Å². The molecule has 1 amide bonds. The maximum atomic E-state index is 11.7. The molecule has 0 aliphatic heterocycles. The lowest BCUT2D eigenvalue weighted by Gasteiger charge is -2.12. The molecule has 1 rings (SSSR count). The van der Waals surface area contributed by atoms with Crippen molar-refractivity contribution in [2.24, 2.45) is 0 Å². The SMILES string of the molecule is CCNC(=O)[C@@H](C)OC(=O)c1ccc(C)cc1. The average Bonchev–Trinajstić information content (AvgIpc) is 2.30. The number of aryl methyl sites for hydroxylation is 1. The second-order valence-corrected chi connectivity index (χ2v) is 3.81. The first kappa shape index (κ1) is 13.2. The molecule has 0 bridgehead atoms. The van der Waals surface area contributed by atoms with Crippen LogP contribution in [0.1, 0.15) is 29.8 Å². The van der Waals surface area contributed by atoms with E-state index >= 15 is 0 Å². The number of rotatable bonds is 4. The number of benzene rings is 1. The van der Waals surface area contributed by atoms with Crippen molar-refractivity contribution < 1.29 is 14.3 Å². The molecule has 1 N–H and O–H groups in total. The van der Waals surface area contributed by atoms with Gasteiger partial charge >= 0.3 is 5.97 Å². The number of likely N-dealkylation sites (N-methyl/N-ethyl adjacent to an activating group) is 1. The highest BCUT2D eigenvalue weighted by Gasteiger charge is 2.17. The molecule has 0 spiro atoms. The van der Waals surface area contributed by atoms with Crippen LogP contribution in [0.5, 0.6) is 0 Å². The van der Waals surface area contributed by atoms with Crippen molar-refractivity contribution in [1.82, 2.24) is 5.32 Å². The molecule has 0 saturated heterocycles. The van der Waals surface area contributed by atoms with Crippen LogP contribution >= 0.6 is 0 Å². The first-order valence-electron chi connectivity index (χ1n) is 5.60. The Balaban J connectivity index is 2.60. The van der Waals surface area contributed by atoms with Crippen molar-refractivity contribution >= 4 is 11.9 Å². The molecule has 0 aromatic heterocycles. The molecule has 0 saturated carbocycles. The Bertz CT molecular complexity index is 398. The smallest absolute Gasteiger partial charge is 0.338 e. The summed E-state index contributed by atoms with van der Waals surface area (Å²) in [6.45, 7) is 5.82. The molecule has 0 unspecified atom stereocenters. The third-order valence-corrected chi connectivity index (χ3v) is 2.29. The molecule has 92 valence electrons. The summed E-state index contributed by atoms with van der Waals surface area (Å²) in [6, 6.07) is 7.02. The summed E-state index contributed by atoms with van der Waals surface area (Å²) in [5.74, 6) is -0.767. The Morgan fingerprint density at radius 1 is 1.29 bits per heavy atom. The first-order valence-corrected chi connectivity index (χ1v) is 5.60. The van der Waals surface area contributed by atoms with Crippen LogP contribution in [0.3, 0.4) is 0 Å². The Kier molecular flexibility index (Phi) is 4.69. The standard InChI is InChI=1S/C13H17NO3/c1-4-14-12(15)10(3)17-13(16)11-7-5-9(2)6-8-11/h5-8,10H,4H2,1-3H3,(H,14,15)/t10-/m1/s1. The van der Waals surface area contributed by atoms with E-state index < -0.39 is 12.1 Å². The van der Waals surface area contributed by atoms with E-state index in [1.54, 1.807) is 19.1 Å². The maximum absolute atomic E-state index is 11.7. The molecule has 4 nitrogen and oxygen atoms in total. The van der Waals surface area contributed by atoms with Crippen molar-refractivity contribution in [3.05, 3.63) is 35.4 Å². The lowest BCUT2D eigenvalue weighted by Crippen LogP contribution is -2.35. The minimum atomic E-state index is -0.774. The number of esters is 1. The van der Waals surface area contributed by atoms with E-state index in [0.29, 0.717) is 12.1 Å². The third-order valence-electron chi connectivity index (χ3n) is 2.29. The number of hydrogen-bond acceptors (Lipinski definition) is 3. The van der Waals surface area contributed by atoms with E-state index in [2.05, 4.69) is 5.32 Å². The van der Waals surface area contributed by atoms with Gasteiger partial charge in [-0.15, -0.1) is 0 Å². The van der Waals surface area contributed by atoms with Gasteiger partial charge in [-0.25, -0.2) is 4.79 Å². The number of carbonyl (C=O) groups excluding carboxylic acids is 2. The summed E-state index contributed by atoms with van der Waals surface area (Å²) in [7, 11) is 0. The zero-order valence-corrected chi connectivity index (χ0v) is 10.3. The van der Waals surface area contributed by atoms with Gasteiger partial charge in [0.15, 0.2) is 6.10 Å². The van der Waals surface area contributed by atoms with Crippen LogP contribution in [-0.2, 0) is 9.53 Å². The van der Waals surface area contributed by atoms with E-state index in [9.17, 15) is 9.59 Å². The van der Waals surface area contributed by atoms with Crippen LogP contribution in [0.2, 0.25) is 0 Å². The van der Waals surface area contributed by atoms with Crippen molar-refractivity contribution in [3.8, 4) is 0 Å². The van der Waals surface area contributed by atoms with Gasteiger partial charge in [0.2, 0.25) is 0 Å². The second-order valence-electron chi connectivity index (χ2n) is 3.81. The topological polar surface area (TPSA) is 55.4 Å². The van der Waals surface area contributed by atoms with Crippen LogP contribution in [0.15, 0.2) is 24.3 Å². The van der Waals surface area contributed by atoms with Crippen molar-refractivity contribution in [1.29, 1.82) is 0 Å². The fourth-order valence-corrected chi connectivity index (χ4v) is 1.29. The lowest BCUT2D eigenvalue weighted by atomic mass is 10.1. The molecule has 0 aliphatic rings. The quantitative estimate of drug-likeness (QED) is 0.808. The van der Waals surface area contributed by atoms with Gasteiger partial charge in [-0.05, 0) is 32.9 Å². The Morgan fingerprint density at radius 2 is 1.88 bits per heavy atom. The Hall–Kier alpha value is -1.84. The van der Waals surface area contributed by atoms with Gasteiger partial charge in [-0.2, -0.15) is 0 Å². The van der Waals surface area contributed by atoms with E-state index in [-0.39, 0.29) is 5.91 Å². The van der Waals surface area contributed by atoms with E-state index in [4.69, 9.17) is 4.74 Å². The molecular weight excluding hydrogens is 218 g/mol. The molecule has 1 aromatic carbocycles. The normalized spacial score (nSPS) is 11.7. The number of carbonyl (C=O) groups is 2. The van der Waals surface area contributed by atoms with Gasteiger partial charge in [-0.1, -0.05) is 17.7 Å². The van der Waals surface area contributed by atoms with Gasteiger partial charge in [0.05, 0.1) is 5.56 Å². The van der Waals surface area contributed by atoms with Gasteiger partial charge in [0.1, 0.15) is 0 Å². The minimum Gasteiger partial charge on any atom is -0.449 e. The predicted molar refractivity (Wildman–Crippen MR) is 64.7 cm³/mol. The van der Waals surface area contributed by atoms with Crippen LogP contribution < -0.4 is 5.32 Å². The van der Waals surface area contributed by atoms with Gasteiger partial charge < -0.3 is 10.1 Å². The summed E-state index contributed by atoms with van der Waals surface area (Å²) in [4.78, 5) is 23.0. The van der Waals surface area contributed by atoms with Crippen molar-refractivity contribution in [3.63, 3.8) is 0 Å². The molecule has 0 fully saturated rings. The van der Waals surface area contributed by atoms with Crippen molar-refractivity contribution in [2.75, 3.05) is 6.54 Å². The number of amides is 1. The Morgan fingerprint density at radius 3 is 2.41 bits per heavy atom. The monoisotopic (exact) mass is 235 g/mol. The molecule has 17 heavy (non-hydrogen) atoms. The van der Waals surface area contributed by atoms with E-state index in [1.165, 1.54) is 0 Å². The number of hydrogen-bond donors (Lipinski definition) is 1. The third kappa shape index (κ3) is 3.90. The van der Waals surface area contributed by atoms with Crippen molar-refractivity contribution in [2.45, 2.75) is 26.9 Å². The molecule has 1 atom stereocenters. The van der Waals surface area contributed by atoms with Gasteiger partial charge in [0.25, 0.3) is 5.91 Å². The summed E-state index contributed by atoms with van der Waals surface area (Å²) in [5, 5.41) is 2.60. The molecule has 0 aliphatic carbocycles.